The lowest BCUT2D eigenvalue weighted by molar-refractivity contribution is -0.128. The van der Waals surface area contributed by atoms with Gasteiger partial charge < -0.3 is 15.0 Å². The number of likely N-dealkylation sites (tertiary alicyclic amines) is 1. The molecule has 1 aromatic heterocycles. The van der Waals surface area contributed by atoms with Crippen LogP contribution in [-0.4, -0.2) is 33.2 Å². The molecular formula is C24H24N4O3. The first-order chi connectivity index (χ1) is 15.0. The van der Waals surface area contributed by atoms with E-state index in [1.165, 1.54) is 5.56 Å². The number of nitrogens with one attached hydrogen (secondary N) is 1. The highest BCUT2D eigenvalue weighted by Crippen LogP contribution is 2.26. The molecule has 1 saturated heterocycles. The maximum Gasteiger partial charge on any atom is 0.321 e. The summed E-state index contributed by atoms with van der Waals surface area (Å²) in [6.45, 7) is 4.86. The van der Waals surface area contributed by atoms with E-state index in [9.17, 15) is 9.59 Å². The van der Waals surface area contributed by atoms with Crippen LogP contribution in [0.25, 0.3) is 0 Å². The van der Waals surface area contributed by atoms with E-state index in [1.807, 2.05) is 44.2 Å². The standard InChI is InChI=1S/C24H24N4O3/c1-16-4-6-18(7-5-16)14-28-15-19(13-22(28)29)23(30)27-21-9-8-20(12-17(21)2)31-24-25-10-3-11-26-24/h3-12,19H,13-15H2,1-2H3,(H,27,30). The quantitative estimate of drug-likeness (QED) is 0.659. The first-order valence-corrected chi connectivity index (χ1v) is 10.2. The second-order valence-corrected chi connectivity index (χ2v) is 7.76. The van der Waals surface area contributed by atoms with Crippen molar-refractivity contribution in [1.82, 2.24) is 14.9 Å². The first-order valence-electron chi connectivity index (χ1n) is 10.2. The average molecular weight is 416 g/mol. The molecule has 1 fully saturated rings. The minimum absolute atomic E-state index is 0.00376. The number of aromatic nitrogens is 2. The molecule has 3 aromatic rings. The average Bonchev–Trinajstić information content (AvgIpc) is 3.13. The van der Waals surface area contributed by atoms with Crippen molar-refractivity contribution in [2.75, 3.05) is 11.9 Å². The number of hydrogen-bond acceptors (Lipinski definition) is 5. The number of benzene rings is 2. The number of amides is 2. The molecule has 2 heterocycles. The molecule has 31 heavy (non-hydrogen) atoms. The number of carbonyl (C=O) groups is 2. The summed E-state index contributed by atoms with van der Waals surface area (Å²) in [4.78, 5) is 35.0. The van der Waals surface area contributed by atoms with Gasteiger partial charge in [-0.15, -0.1) is 0 Å². The van der Waals surface area contributed by atoms with E-state index in [4.69, 9.17) is 4.74 Å². The van der Waals surface area contributed by atoms with Crippen LogP contribution in [-0.2, 0) is 16.1 Å². The highest BCUT2D eigenvalue weighted by molar-refractivity contribution is 5.97. The van der Waals surface area contributed by atoms with Gasteiger partial charge in [0.15, 0.2) is 0 Å². The van der Waals surface area contributed by atoms with Gasteiger partial charge in [0.05, 0.1) is 5.92 Å². The van der Waals surface area contributed by atoms with Gasteiger partial charge in [-0.1, -0.05) is 29.8 Å². The van der Waals surface area contributed by atoms with Crippen molar-refractivity contribution in [3.05, 3.63) is 77.6 Å². The summed E-state index contributed by atoms with van der Waals surface area (Å²) in [5.74, 6) is 0.0694. The van der Waals surface area contributed by atoms with Crippen LogP contribution in [0.2, 0.25) is 0 Å². The summed E-state index contributed by atoms with van der Waals surface area (Å²) in [5, 5.41) is 2.95. The van der Waals surface area contributed by atoms with Crippen molar-refractivity contribution in [1.29, 1.82) is 0 Å². The molecule has 0 spiro atoms. The van der Waals surface area contributed by atoms with Crippen LogP contribution < -0.4 is 10.1 Å². The van der Waals surface area contributed by atoms with Gasteiger partial charge in [-0.05, 0) is 49.2 Å². The van der Waals surface area contributed by atoms with E-state index >= 15 is 0 Å². The summed E-state index contributed by atoms with van der Waals surface area (Å²) in [6.07, 6.45) is 3.44. The molecule has 4 rings (SSSR count). The number of anilines is 1. The van der Waals surface area contributed by atoms with Gasteiger partial charge in [-0.25, -0.2) is 9.97 Å². The summed E-state index contributed by atoms with van der Waals surface area (Å²) < 4.78 is 5.62. The number of hydrogen-bond donors (Lipinski definition) is 1. The largest absolute Gasteiger partial charge is 0.424 e. The van der Waals surface area contributed by atoms with Crippen LogP contribution in [0, 0.1) is 19.8 Å². The van der Waals surface area contributed by atoms with E-state index in [0.717, 1.165) is 11.1 Å². The Hall–Kier alpha value is -3.74. The highest BCUT2D eigenvalue weighted by atomic mass is 16.5. The summed E-state index contributed by atoms with van der Waals surface area (Å²) in [6, 6.07) is 15.4. The third-order valence-electron chi connectivity index (χ3n) is 5.29. The van der Waals surface area contributed by atoms with Gasteiger partial charge in [0.2, 0.25) is 11.8 Å². The molecule has 2 aromatic carbocycles. The van der Waals surface area contributed by atoms with Crippen LogP contribution in [0.4, 0.5) is 5.69 Å². The molecule has 7 heteroatoms. The first kappa shape index (κ1) is 20.5. The third-order valence-corrected chi connectivity index (χ3v) is 5.29. The normalized spacial score (nSPS) is 15.7. The Balaban J connectivity index is 1.36. The van der Waals surface area contributed by atoms with Crippen molar-refractivity contribution in [3.63, 3.8) is 0 Å². The second-order valence-electron chi connectivity index (χ2n) is 7.76. The van der Waals surface area contributed by atoms with Crippen molar-refractivity contribution in [2.24, 2.45) is 5.92 Å². The molecule has 0 bridgehead atoms. The molecule has 1 aliphatic rings. The number of nitrogens with zero attached hydrogens (tertiary/aromatic N) is 3. The zero-order valence-electron chi connectivity index (χ0n) is 17.5. The molecule has 0 saturated carbocycles. The monoisotopic (exact) mass is 416 g/mol. The molecular weight excluding hydrogens is 392 g/mol. The van der Waals surface area contributed by atoms with Gasteiger partial charge in [0.1, 0.15) is 5.75 Å². The molecule has 0 aliphatic carbocycles. The lowest BCUT2D eigenvalue weighted by atomic mass is 10.1. The van der Waals surface area contributed by atoms with Crippen molar-refractivity contribution < 1.29 is 14.3 Å². The van der Waals surface area contributed by atoms with E-state index in [0.29, 0.717) is 24.5 Å². The molecule has 7 nitrogen and oxygen atoms in total. The van der Waals surface area contributed by atoms with E-state index in [-0.39, 0.29) is 30.2 Å². The van der Waals surface area contributed by atoms with Crippen molar-refractivity contribution in [3.8, 4) is 11.8 Å². The minimum Gasteiger partial charge on any atom is -0.424 e. The number of ether oxygens (including phenoxy) is 1. The van der Waals surface area contributed by atoms with Gasteiger partial charge in [0.25, 0.3) is 0 Å². The predicted octanol–water partition coefficient (Wildman–Crippen LogP) is 3.87. The molecule has 158 valence electrons. The molecule has 1 unspecified atom stereocenters. The summed E-state index contributed by atoms with van der Waals surface area (Å²) in [7, 11) is 0. The van der Waals surface area contributed by atoms with E-state index in [2.05, 4.69) is 15.3 Å². The minimum atomic E-state index is -0.369. The van der Waals surface area contributed by atoms with E-state index in [1.54, 1.807) is 35.5 Å². The Bertz CT molecular complexity index is 1080. The van der Waals surface area contributed by atoms with Gasteiger partial charge >= 0.3 is 6.01 Å². The fourth-order valence-electron chi connectivity index (χ4n) is 3.53. The maximum atomic E-state index is 12.8. The van der Waals surface area contributed by atoms with Crippen LogP contribution in [0.3, 0.4) is 0 Å². The van der Waals surface area contributed by atoms with Crippen LogP contribution in [0.5, 0.6) is 11.8 Å². The number of rotatable bonds is 6. The summed E-state index contributed by atoms with van der Waals surface area (Å²) >= 11 is 0. The molecule has 0 radical (unpaired) electrons. The SMILES string of the molecule is Cc1ccc(CN2CC(C(=O)Nc3ccc(Oc4ncccn4)cc3C)CC2=O)cc1. The zero-order valence-corrected chi connectivity index (χ0v) is 17.5. The third kappa shape index (κ3) is 5.06. The highest BCUT2D eigenvalue weighted by Gasteiger charge is 2.34. The molecule has 1 aliphatic heterocycles. The lowest BCUT2D eigenvalue weighted by Crippen LogP contribution is -2.28. The predicted molar refractivity (Wildman–Crippen MR) is 117 cm³/mol. The Labute approximate surface area is 181 Å². The Morgan fingerprint density at radius 3 is 2.58 bits per heavy atom. The van der Waals surface area contributed by atoms with Gasteiger partial charge in [-0.2, -0.15) is 0 Å². The Morgan fingerprint density at radius 2 is 1.87 bits per heavy atom. The number of aryl methyl sites for hydroxylation is 2. The molecule has 1 N–H and O–H groups in total. The van der Waals surface area contributed by atoms with Crippen molar-refractivity contribution in [2.45, 2.75) is 26.8 Å². The van der Waals surface area contributed by atoms with Gasteiger partial charge in [0, 0.05) is 37.6 Å². The summed E-state index contributed by atoms with van der Waals surface area (Å²) in [5.41, 5.74) is 3.78. The Morgan fingerprint density at radius 1 is 1.13 bits per heavy atom. The Kier molecular flexibility index (Phi) is 5.93. The topological polar surface area (TPSA) is 84.4 Å². The van der Waals surface area contributed by atoms with Crippen LogP contribution in [0.1, 0.15) is 23.1 Å². The zero-order chi connectivity index (χ0) is 21.8. The van der Waals surface area contributed by atoms with Gasteiger partial charge in [-0.3, -0.25) is 9.59 Å². The number of carbonyl (C=O) groups excluding carboxylic acids is 2. The molecule has 2 amide bonds. The lowest BCUT2D eigenvalue weighted by Gasteiger charge is -2.17. The van der Waals surface area contributed by atoms with Crippen LogP contribution >= 0.6 is 0 Å². The fourth-order valence-corrected chi connectivity index (χ4v) is 3.53. The van der Waals surface area contributed by atoms with Crippen LogP contribution in [0.15, 0.2) is 60.9 Å². The smallest absolute Gasteiger partial charge is 0.321 e. The maximum absolute atomic E-state index is 12.8. The van der Waals surface area contributed by atoms with E-state index < -0.39 is 0 Å². The fraction of sp³-hybridized carbons (Fsp3) is 0.250. The molecule has 1 atom stereocenters. The second kappa shape index (κ2) is 8.95. The van der Waals surface area contributed by atoms with Crippen molar-refractivity contribution >= 4 is 17.5 Å².